The van der Waals surface area contributed by atoms with Crippen LogP contribution >= 0.6 is 15.9 Å². The second-order valence-corrected chi connectivity index (χ2v) is 6.23. The summed E-state index contributed by atoms with van der Waals surface area (Å²) in [6.07, 6.45) is 3.27. The maximum atomic E-state index is 9.76. The van der Waals surface area contributed by atoms with Crippen molar-refractivity contribution in [2.24, 2.45) is 0 Å². The van der Waals surface area contributed by atoms with Gasteiger partial charge >= 0.3 is 0 Å². The van der Waals surface area contributed by atoms with Gasteiger partial charge in [0.15, 0.2) is 0 Å². The molecule has 21 heavy (non-hydrogen) atoms. The van der Waals surface area contributed by atoms with Crippen LogP contribution in [0.2, 0.25) is 0 Å². The van der Waals surface area contributed by atoms with Gasteiger partial charge in [-0.05, 0) is 60.7 Å². The minimum absolute atomic E-state index is 0.198. The highest BCUT2D eigenvalue weighted by Crippen LogP contribution is 2.37. The van der Waals surface area contributed by atoms with E-state index in [2.05, 4.69) is 21.2 Å². The van der Waals surface area contributed by atoms with Gasteiger partial charge in [0.25, 0.3) is 0 Å². The van der Waals surface area contributed by atoms with E-state index < -0.39 is 0 Å². The summed E-state index contributed by atoms with van der Waals surface area (Å²) < 4.78 is 6.43. The molecule has 2 N–H and O–H groups in total. The number of hydrogen-bond acceptors (Lipinski definition) is 3. The predicted octanol–water partition coefficient (Wildman–Crippen LogP) is 4.65. The van der Waals surface area contributed by atoms with Crippen molar-refractivity contribution in [3.05, 3.63) is 52.0 Å². The lowest BCUT2D eigenvalue weighted by Crippen LogP contribution is -2.17. The second kappa shape index (κ2) is 5.98. The number of hydrogen-bond donors (Lipinski definition) is 2. The molecule has 0 fully saturated rings. The quantitative estimate of drug-likeness (QED) is 0.848. The van der Waals surface area contributed by atoms with Crippen molar-refractivity contribution in [2.75, 3.05) is 12.4 Å². The van der Waals surface area contributed by atoms with Crippen molar-refractivity contribution in [1.29, 1.82) is 0 Å². The molecule has 3 rings (SSSR count). The van der Waals surface area contributed by atoms with Crippen molar-refractivity contribution < 1.29 is 9.84 Å². The SMILES string of the molecule is COc1ccc(Br)cc1NC1CCCc2ccc(O)cc21. The summed E-state index contributed by atoms with van der Waals surface area (Å²) in [6, 6.07) is 11.8. The van der Waals surface area contributed by atoms with Gasteiger partial charge in [0, 0.05) is 4.47 Å². The number of anilines is 1. The number of rotatable bonds is 3. The first-order valence-corrected chi connectivity index (χ1v) is 7.88. The van der Waals surface area contributed by atoms with Gasteiger partial charge in [-0.25, -0.2) is 0 Å². The zero-order chi connectivity index (χ0) is 14.8. The van der Waals surface area contributed by atoms with Crippen LogP contribution in [-0.2, 0) is 6.42 Å². The Balaban J connectivity index is 1.93. The van der Waals surface area contributed by atoms with Crippen LogP contribution in [0.3, 0.4) is 0 Å². The molecule has 1 unspecified atom stereocenters. The third kappa shape index (κ3) is 3.00. The van der Waals surface area contributed by atoms with Crippen molar-refractivity contribution in [3.63, 3.8) is 0 Å². The summed E-state index contributed by atoms with van der Waals surface area (Å²) in [5.41, 5.74) is 3.46. The first kappa shape index (κ1) is 14.3. The van der Waals surface area contributed by atoms with Gasteiger partial charge in [0.2, 0.25) is 0 Å². The number of phenols is 1. The minimum atomic E-state index is 0.198. The highest BCUT2D eigenvalue weighted by Gasteiger charge is 2.21. The smallest absolute Gasteiger partial charge is 0.142 e. The summed E-state index contributed by atoms with van der Waals surface area (Å²) >= 11 is 3.50. The summed E-state index contributed by atoms with van der Waals surface area (Å²) in [5.74, 6) is 1.15. The van der Waals surface area contributed by atoms with E-state index in [1.54, 1.807) is 13.2 Å². The maximum Gasteiger partial charge on any atom is 0.142 e. The highest BCUT2D eigenvalue weighted by atomic mass is 79.9. The lowest BCUT2D eigenvalue weighted by atomic mass is 9.87. The molecule has 0 spiro atoms. The van der Waals surface area contributed by atoms with Gasteiger partial charge in [0.1, 0.15) is 11.5 Å². The Morgan fingerprint density at radius 3 is 2.90 bits per heavy atom. The van der Waals surface area contributed by atoms with Crippen LogP contribution in [0.1, 0.15) is 30.0 Å². The Kier molecular flexibility index (Phi) is 4.06. The van der Waals surface area contributed by atoms with Gasteiger partial charge in [-0.15, -0.1) is 0 Å². The van der Waals surface area contributed by atoms with Crippen LogP contribution in [0.4, 0.5) is 5.69 Å². The monoisotopic (exact) mass is 347 g/mol. The topological polar surface area (TPSA) is 41.5 Å². The number of aryl methyl sites for hydroxylation is 1. The van der Waals surface area contributed by atoms with Crippen molar-refractivity contribution in [3.8, 4) is 11.5 Å². The number of benzene rings is 2. The fraction of sp³-hybridized carbons (Fsp3) is 0.294. The summed E-state index contributed by atoms with van der Waals surface area (Å²) in [4.78, 5) is 0. The lowest BCUT2D eigenvalue weighted by Gasteiger charge is -2.28. The molecule has 1 atom stereocenters. The van der Waals surface area contributed by atoms with Crippen molar-refractivity contribution in [1.82, 2.24) is 0 Å². The molecule has 0 saturated heterocycles. The number of aromatic hydroxyl groups is 1. The summed E-state index contributed by atoms with van der Waals surface area (Å²) in [6.45, 7) is 0. The number of methoxy groups -OCH3 is 1. The van der Waals surface area contributed by atoms with Gasteiger partial charge in [-0.3, -0.25) is 0 Å². The normalized spacial score (nSPS) is 17.1. The van der Waals surface area contributed by atoms with Gasteiger partial charge in [-0.2, -0.15) is 0 Å². The summed E-state index contributed by atoms with van der Waals surface area (Å²) in [7, 11) is 1.68. The standard InChI is InChI=1S/C17H18BrNO2/c1-21-17-8-6-12(18)9-16(17)19-15-4-2-3-11-5-7-13(20)10-14(11)15/h5-10,15,19-20H,2-4H2,1H3. The molecule has 0 amide bonds. The zero-order valence-electron chi connectivity index (χ0n) is 11.9. The molecule has 3 nitrogen and oxygen atoms in total. The van der Waals surface area contributed by atoms with Gasteiger partial charge < -0.3 is 15.2 Å². The molecule has 0 aromatic heterocycles. The Morgan fingerprint density at radius 1 is 1.24 bits per heavy atom. The maximum absolute atomic E-state index is 9.76. The average molecular weight is 348 g/mol. The van der Waals surface area contributed by atoms with E-state index in [-0.39, 0.29) is 6.04 Å². The van der Waals surface area contributed by atoms with Crippen LogP contribution in [0.25, 0.3) is 0 Å². The molecule has 110 valence electrons. The minimum Gasteiger partial charge on any atom is -0.508 e. The molecule has 0 saturated carbocycles. The molecule has 0 aliphatic heterocycles. The van der Waals surface area contributed by atoms with Gasteiger partial charge in [-0.1, -0.05) is 22.0 Å². The number of nitrogens with one attached hydrogen (secondary N) is 1. The Bertz CT molecular complexity index is 657. The van der Waals surface area contributed by atoms with E-state index >= 15 is 0 Å². The molecule has 0 heterocycles. The fourth-order valence-electron chi connectivity index (χ4n) is 2.92. The number of phenolic OH excluding ortho intramolecular Hbond substituents is 1. The van der Waals surface area contributed by atoms with Crippen molar-refractivity contribution >= 4 is 21.6 Å². The highest BCUT2D eigenvalue weighted by molar-refractivity contribution is 9.10. The van der Waals surface area contributed by atoms with E-state index in [4.69, 9.17) is 4.74 Å². The summed E-state index contributed by atoms with van der Waals surface area (Å²) in [5, 5.41) is 13.3. The van der Waals surface area contributed by atoms with Crippen LogP contribution in [0.15, 0.2) is 40.9 Å². The molecule has 1 aliphatic rings. The molecule has 2 aromatic carbocycles. The van der Waals surface area contributed by atoms with E-state index in [9.17, 15) is 5.11 Å². The largest absolute Gasteiger partial charge is 0.508 e. The molecule has 2 aromatic rings. The van der Waals surface area contributed by atoms with E-state index in [0.29, 0.717) is 5.75 Å². The Morgan fingerprint density at radius 2 is 2.10 bits per heavy atom. The van der Waals surface area contributed by atoms with E-state index in [0.717, 1.165) is 35.2 Å². The second-order valence-electron chi connectivity index (χ2n) is 5.32. The van der Waals surface area contributed by atoms with Gasteiger partial charge in [0.05, 0.1) is 18.8 Å². The molecular weight excluding hydrogens is 330 g/mol. The third-order valence-corrected chi connectivity index (χ3v) is 4.43. The molecule has 0 bridgehead atoms. The fourth-order valence-corrected chi connectivity index (χ4v) is 3.28. The molecule has 1 aliphatic carbocycles. The van der Waals surface area contributed by atoms with Crippen LogP contribution < -0.4 is 10.1 Å². The van der Waals surface area contributed by atoms with E-state index in [1.165, 1.54) is 11.1 Å². The van der Waals surface area contributed by atoms with Crippen LogP contribution in [-0.4, -0.2) is 12.2 Å². The average Bonchev–Trinajstić information content (AvgIpc) is 2.48. The molecular formula is C17H18BrNO2. The third-order valence-electron chi connectivity index (χ3n) is 3.94. The lowest BCUT2D eigenvalue weighted by molar-refractivity contribution is 0.415. The van der Waals surface area contributed by atoms with E-state index in [1.807, 2.05) is 30.3 Å². The Hall–Kier alpha value is -1.68. The Labute approximate surface area is 133 Å². The molecule has 0 radical (unpaired) electrons. The first-order valence-electron chi connectivity index (χ1n) is 7.09. The zero-order valence-corrected chi connectivity index (χ0v) is 13.5. The predicted molar refractivity (Wildman–Crippen MR) is 88.1 cm³/mol. The van der Waals surface area contributed by atoms with Crippen LogP contribution in [0, 0.1) is 0 Å². The van der Waals surface area contributed by atoms with Crippen molar-refractivity contribution in [2.45, 2.75) is 25.3 Å². The molecule has 4 heteroatoms. The number of halogens is 1. The van der Waals surface area contributed by atoms with Crippen LogP contribution in [0.5, 0.6) is 11.5 Å². The number of ether oxygens (including phenoxy) is 1. The first-order chi connectivity index (χ1) is 10.2. The number of fused-ring (bicyclic) bond motifs is 1.